The number of carbonyl (C=O) groups is 1. The second kappa shape index (κ2) is 8.91. The van der Waals surface area contributed by atoms with Gasteiger partial charge >= 0.3 is 5.97 Å². The molecule has 0 fully saturated rings. The van der Waals surface area contributed by atoms with Crippen LogP contribution < -0.4 is 16.0 Å². The van der Waals surface area contributed by atoms with Crippen LogP contribution in [0.15, 0.2) is 46.8 Å². The van der Waals surface area contributed by atoms with Crippen LogP contribution in [0.3, 0.4) is 0 Å². The zero-order chi connectivity index (χ0) is 21.0. The first-order valence-corrected chi connectivity index (χ1v) is 9.44. The van der Waals surface area contributed by atoms with E-state index in [9.17, 15) is 9.59 Å². The van der Waals surface area contributed by atoms with E-state index in [4.69, 9.17) is 19.9 Å². The number of pyridine rings is 2. The highest BCUT2D eigenvalue weighted by Gasteiger charge is 2.38. The minimum Gasteiger partial charge on any atom is -0.465 e. The SMILES string of the molecule is CCCc1cc2c(c(=O)n1CCOC)C(c1cccnc1)C(C(=O)OC)=C(N)O2. The topological polar surface area (TPSA) is 106 Å². The van der Waals surface area contributed by atoms with Crippen molar-refractivity contribution in [3.05, 3.63) is 69.2 Å². The quantitative estimate of drug-likeness (QED) is 0.707. The molecule has 0 aliphatic carbocycles. The van der Waals surface area contributed by atoms with E-state index >= 15 is 0 Å². The van der Waals surface area contributed by atoms with Gasteiger partial charge in [0, 0.05) is 37.8 Å². The van der Waals surface area contributed by atoms with Gasteiger partial charge in [0.1, 0.15) is 11.3 Å². The smallest absolute Gasteiger partial charge is 0.340 e. The predicted molar refractivity (Wildman–Crippen MR) is 107 cm³/mol. The molecule has 0 radical (unpaired) electrons. The number of rotatable bonds is 7. The number of aromatic nitrogens is 2. The van der Waals surface area contributed by atoms with Crippen molar-refractivity contribution in [2.75, 3.05) is 20.8 Å². The van der Waals surface area contributed by atoms with Gasteiger partial charge in [0.2, 0.25) is 5.88 Å². The number of carbonyl (C=O) groups excluding carboxylic acids is 1. The number of nitrogens with two attached hydrogens (primary N) is 1. The molecule has 0 spiro atoms. The number of hydrogen-bond donors (Lipinski definition) is 1. The molecule has 0 amide bonds. The summed E-state index contributed by atoms with van der Waals surface area (Å²) in [5, 5.41) is 0. The van der Waals surface area contributed by atoms with Crippen LogP contribution in [0.25, 0.3) is 0 Å². The van der Waals surface area contributed by atoms with Crippen molar-refractivity contribution in [3.8, 4) is 5.75 Å². The monoisotopic (exact) mass is 399 g/mol. The number of nitrogens with zero attached hydrogens (tertiary/aromatic N) is 2. The minimum atomic E-state index is -0.739. The molecule has 1 atom stereocenters. The highest BCUT2D eigenvalue weighted by atomic mass is 16.5. The Morgan fingerprint density at radius 2 is 2.17 bits per heavy atom. The molecule has 8 heteroatoms. The van der Waals surface area contributed by atoms with E-state index in [1.165, 1.54) is 7.11 Å². The van der Waals surface area contributed by atoms with E-state index in [0.717, 1.165) is 12.1 Å². The van der Waals surface area contributed by atoms with Crippen LogP contribution in [0.1, 0.15) is 36.1 Å². The number of aryl methyl sites for hydroxylation is 1. The molecule has 1 aliphatic rings. The maximum absolute atomic E-state index is 13.6. The highest BCUT2D eigenvalue weighted by Crippen LogP contribution is 2.41. The van der Waals surface area contributed by atoms with E-state index in [1.807, 2.05) is 13.0 Å². The molecule has 0 saturated heterocycles. The fourth-order valence-electron chi connectivity index (χ4n) is 3.60. The van der Waals surface area contributed by atoms with Gasteiger partial charge in [-0.15, -0.1) is 0 Å². The standard InChI is InChI=1S/C21H25N3O5/c1-4-6-14-11-15-17(20(25)24(14)9-10-27-2)16(13-7-5-8-23-12-13)18(19(22)29-15)21(26)28-3/h5,7-8,11-12,16H,4,6,9-10,22H2,1-3H3. The molecule has 0 bridgehead atoms. The van der Waals surface area contributed by atoms with Crippen LogP contribution in [0, 0.1) is 0 Å². The molecule has 29 heavy (non-hydrogen) atoms. The van der Waals surface area contributed by atoms with Crippen LogP contribution in [0.2, 0.25) is 0 Å². The highest BCUT2D eigenvalue weighted by molar-refractivity contribution is 5.92. The minimum absolute atomic E-state index is 0.0744. The maximum atomic E-state index is 13.6. The van der Waals surface area contributed by atoms with Crippen LogP contribution in [0.4, 0.5) is 0 Å². The second-order valence-electron chi connectivity index (χ2n) is 6.70. The maximum Gasteiger partial charge on any atom is 0.340 e. The third kappa shape index (κ3) is 3.88. The molecule has 3 rings (SSSR count). The summed E-state index contributed by atoms with van der Waals surface area (Å²) in [6.07, 6.45) is 4.78. The summed E-state index contributed by atoms with van der Waals surface area (Å²) in [4.78, 5) is 30.2. The van der Waals surface area contributed by atoms with Crippen LogP contribution in [-0.4, -0.2) is 36.3 Å². The van der Waals surface area contributed by atoms with E-state index in [-0.39, 0.29) is 17.0 Å². The molecule has 2 N–H and O–H groups in total. The lowest BCUT2D eigenvalue weighted by atomic mass is 9.84. The molecular formula is C21H25N3O5. The van der Waals surface area contributed by atoms with Gasteiger partial charge in [0.15, 0.2) is 0 Å². The average molecular weight is 399 g/mol. The molecule has 154 valence electrons. The first kappa shape index (κ1) is 20.6. The van der Waals surface area contributed by atoms with Crippen LogP contribution in [-0.2, 0) is 27.2 Å². The molecule has 8 nitrogen and oxygen atoms in total. The first-order chi connectivity index (χ1) is 14.0. The summed E-state index contributed by atoms with van der Waals surface area (Å²) in [6, 6.07) is 5.35. The van der Waals surface area contributed by atoms with Gasteiger partial charge in [-0.1, -0.05) is 19.4 Å². The Morgan fingerprint density at radius 1 is 1.38 bits per heavy atom. The largest absolute Gasteiger partial charge is 0.465 e. The average Bonchev–Trinajstić information content (AvgIpc) is 2.73. The Labute approximate surface area is 168 Å². The van der Waals surface area contributed by atoms with Crippen molar-refractivity contribution < 1.29 is 19.0 Å². The van der Waals surface area contributed by atoms with Gasteiger partial charge in [0.05, 0.1) is 25.2 Å². The molecule has 1 aliphatic heterocycles. The van der Waals surface area contributed by atoms with Crippen molar-refractivity contribution in [2.24, 2.45) is 5.73 Å². The van der Waals surface area contributed by atoms with Crippen molar-refractivity contribution in [1.82, 2.24) is 9.55 Å². The van der Waals surface area contributed by atoms with Crippen molar-refractivity contribution in [3.63, 3.8) is 0 Å². The summed E-state index contributed by atoms with van der Waals surface area (Å²) in [7, 11) is 2.85. The number of methoxy groups -OCH3 is 2. The molecule has 0 saturated carbocycles. The molecule has 3 heterocycles. The normalized spacial score (nSPS) is 15.6. The summed E-state index contributed by atoms with van der Waals surface area (Å²) in [5.41, 5.74) is 7.76. The zero-order valence-electron chi connectivity index (χ0n) is 16.8. The second-order valence-corrected chi connectivity index (χ2v) is 6.70. The lowest BCUT2D eigenvalue weighted by Gasteiger charge is -2.29. The molecule has 2 aromatic heterocycles. The van der Waals surface area contributed by atoms with Gasteiger partial charge in [-0.2, -0.15) is 0 Å². The van der Waals surface area contributed by atoms with E-state index in [2.05, 4.69) is 4.98 Å². The van der Waals surface area contributed by atoms with Crippen LogP contribution >= 0.6 is 0 Å². The lowest BCUT2D eigenvalue weighted by molar-refractivity contribution is -0.136. The predicted octanol–water partition coefficient (Wildman–Crippen LogP) is 1.71. The van der Waals surface area contributed by atoms with E-state index < -0.39 is 11.9 Å². The zero-order valence-corrected chi connectivity index (χ0v) is 16.8. The van der Waals surface area contributed by atoms with Gasteiger partial charge in [0.25, 0.3) is 5.56 Å². The third-order valence-corrected chi connectivity index (χ3v) is 4.90. The van der Waals surface area contributed by atoms with Crippen molar-refractivity contribution in [1.29, 1.82) is 0 Å². The Balaban J connectivity index is 2.29. The number of esters is 1. The first-order valence-electron chi connectivity index (χ1n) is 9.44. The molecule has 1 unspecified atom stereocenters. The van der Waals surface area contributed by atoms with Gasteiger partial charge in [-0.05, 0) is 18.1 Å². The Kier molecular flexibility index (Phi) is 6.33. The van der Waals surface area contributed by atoms with Crippen molar-refractivity contribution >= 4 is 5.97 Å². The molecule has 0 aromatic carbocycles. The van der Waals surface area contributed by atoms with Gasteiger partial charge < -0.3 is 24.5 Å². The number of ether oxygens (including phenoxy) is 3. The molecule has 2 aromatic rings. The lowest BCUT2D eigenvalue weighted by Crippen LogP contribution is -2.36. The molecular weight excluding hydrogens is 374 g/mol. The fraction of sp³-hybridized carbons (Fsp3) is 0.381. The van der Waals surface area contributed by atoms with Gasteiger partial charge in [-0.3, -0.25) is 9.78 Å². The summed E-state index contributed by atoms with van der Waals surface area (Å²) in [6.45, 7) is 2.81. The van der Waals surface area contributed by atoms with E-state index in [1.54, 1.807) is 36.2 Å². The summed E-state index contributed by atoms with van der Waals surface area (Å²) < 4.78 is 17.5. The Hall–Kier alpha value is -3.13. The van der Waals surface area contributed by atoms with Crippen molar-refractivity contribution in [2.45, 2.75) is 32.2 Å². The number of hydrogen-bond acceptors (Lipinski definition) is 7. The summed E-state index contributed by atoms with van der Waals surface area (Å²) in [5.74, 6) is -1.11. The Bertz CT molecular complexity index is 982. The van der Waals surface area contributed by atoms with E-state index in [0.29, 0.717) is 36.4 Å². The third-order valence-electron chi connectivity index (χ3n) is 4.90. The van der Waals surface area contributed by atoms with Crippen LogP contribution in [0.5, 0.6) is 5.75 Å². The van der Waals surface area contributed by atoms with Gasteiger partial charge in [-0.25, -0.2) is 4.79 Å². The number of fused-ring (bicyclic) bond motifs is 1. The summed E-state index contributed by atoms with van der Waals surface area (Å²) >= 11 is 0. The fourth-order valence-corrected chi connectivity index (χ4v) is 3.60. The Morgan fingerprint density at radius 3 is 2.79 bits per heavy atom.